The smallest absolute Gasteiger partial charge is 0.153 e. The fraction of sp³-hybridized carbons (Fsp3) is 0.111. The molecule has 0 aromatic heterocycles. The molecule has 0 bridgehead atoms. The number of allylic oxidation sites excluding steroid dienone is 2. The van der Waals surface area contributed by atoms with Gasteiger partial charge in [-0.3, -0.25) is 9.59 Å². The average Bonchev–Trinajstić information content (AvgIpc) is 2.54. The summed E-state index contributed by atoms with van der Waals surface area (Å²) in [4.78, 5) is 21.5. The first-order chi connectivity index (χ1) is 10.7. The minimum atomic E-state index is -0.00653. The number of phenolic OH excluding ortho intramolecular Hbond substituents is 2. The Hall–Kier alpha value is -2.88. The predicted molar refractivity (Wildman–Crippen MR) is 83.5 cm³/mol. The zero-order valence-electron chi connectivity index (χ0n) is 11.9. The molecule has 0 amide bonds. The number of benzene rings is 2. The summed E-state index contributed by atoms with van der Waals surface area (Å²) in [6.45, 7) is 0. The molecule has 22 heavy (non-hydrogen) atoms. The minimum Gasteiger partial charge on any atom is -0.507 e. The van der Waals surface area contributed by atoms with Crippen molar-refractivity contribution in [3.63, 3.8) is 0 Å². The maximum Gasteiger partial charge on any atom is 0.153 e. The largest absolute Gasteiger partial charge is 0.507 e. The van der Waals surface area contributed by atoms with Gasteiger partial charge in [0.15, 0.2) is 12.6 Å². The molecular weight excluding hydrogens is 280 g/mol. The molecule has 2 rings (SSSR count). The maximum atomic E-state index is 10.8. The Morgan fingerprint density at radius 2 is 1.14 bits per heavy atom. The van der Waals surface area contributed by atoms with Gasteiger partial charge < -0.3 is 10.2 Å². The Balaban J connectivity index is 2.05. The highest BCUT2D eigenvalue weighted by Crippen LogP contribution is 2.23. The van der Waals surface area contributed by atoms with Gasteiger partial charge in [0.25, 0.3) is 0 Å². The molecule has 0 aliphatic heterocycles. The third kappa shape index (κ3) is 3.41. The second-order valence-corrected chi connectivity index (χ2v) is 4.83. The van der Waals surface area contributed by atoms with E-state index in [-0.39, 0.29) is 22.6 Å². The molecule has 0 spiro atoms. The van der Waals surface area contributed by atoms with Gasteiger partial charge in [0.1, 0.15) is 11.5 Å². The van der Waals surface area contributed by atoms with E-state index < -0.39 is 0 Å². The number of hydrogen-bond donors (Lipinski definition) is 2. The molecule has 0 aliphatic carbocycles. The molecule has 0 radical (unpaired) electrons. The molecule has 0 atom stereocenters. The fourth-order valence-corrected chi connectivity index (χ4v) is 2.16. The van der Waals surface area contributed by atoms with E-state index in [1.165, 1.54) is 0 Å². The predicted octanol–water partition coefficient (Wildman–Crippen LogP) is 3.06. The Labute approximate surface area is 128 Å². The van der Waals surface area contributed by atoms with Crippen LogP contribution < -0.4 is 0 Å². The molecule has 2 N–H and O–H groups in total. The van der Waals surface area contributed by atoms with E-state index in [1.54, 1.807) is 36.4 Å². The highest BCUT2D eigenvalue weighted by Gasteiger charge is 2.05. The van der Waals surface area contributed by atoms with E-state index >= 15 is 0 Å². The lowest BCUT2D eigenvalue weighted by atomic mass is 10.0. The lowest BCUT2D eigenvalue weighted by Crippen LogP contribution is -1.90. The van der Waals surface area contributed by atoms with Crippen LogP contribution in [0, 0.1) is 0 Å². The monoisotopic (exact) mass is 296 g/mol. The third-order valence-corrected chi connectivity index (χ3v) is 3.40. The molecule has 0 saturated carbocycles. The summed E-state index contributed by atoms with van der Waals surface area (Å²) in [5, 5.41) is 19.7. The van der Waals surface area contributed by atoms with Gasteiger partial charge in [-0.2, -0.15) is 0 Å². The summed E-state index contributed by atoms with van der Waals surface area (Å²) in [7, 11) is 0. The zero-order chi connectivity index (χ0) is 15.9. The first-order valence-electron chi connectivity index (χ1n) is 6.84. The van der Waals surface area contributed by atoms with Gasteiger partial charge in [0, 0.05) is 0 Å². The van der Waals surface area contributed by atoms with Crippen molar-refractivity contribution in [2.45, 2.75) is 12.8 Å². The Morgan fingerprint density at radius 1 is 0.727 bits per heavy atom. The van der Waals surface area contributed by atoms with Crippen molar-refractivity contribution in [3.05, 3.63) is 70.8 Å². The van der Waals surface area contributed by atoms with E-state index in [0.29, 0.717) is 36.5 Å². The van der Waals surface area contributed by atoms with Crippen molar-refractivity contribution in [1.29, 1.82) is 0 Å². The van der Waals surface area contributed by atoms with Crippen molar-refractivity contribution in [2.75, 3.05) is 0 Å². The maximum absolute atomic E-state index is 10.8. The molecule has 0 aliphatic rings. The zero-order valence-corrected chi connectivity index (χ0v) is 11.9. The molecular formula is C18H16O4. The summed E-state index contributed by atoms with van der Waals surface area (Å²) < 4.78 is 0. The van der Waals surface area contributed by atoms with Crippen LogP contribution in [0.15, 0.2) is 48.6 Å². The highest BCUT2D eigenvalue weighted by atomic mass is 16.3. The average molecular weight is 296 g/mol. The van der Waals surface area contributed by atoms with Crippen LogP contribution in [0.3, 0.4) is 0 Å². The van der Waals surface area contributed by atoms with Crippen molar-refractivity contribution in [3.8, 4) is 11.5 Å². The number of carbonyl (C=O) groups excluding carboxylic acids is 2. The first-order valence-corrected chi connectivity index (χ1v) is 6.84. The fourth-order valence-electron chi connectivity index (χ4n) is 2.16. The molecule has 4 nitrogen and oxygen atoms in total. The number of hydrogen-bond acceptors (Lipinski definition) is 4. The molecule has 2 aromatic carbocycles. The summed E-state index contributed by atoms with van der Waals surface area (Å²) in [6.07, 6.45) is 5.87. The van der Waals surface area contributed by atoms with Crippen molar-refractivity contribution in [2.24, 2.45) is 0 Å². The normalized spacial score (nSPS) is 10.7. The van der Waals surface area contributed by atoms with Gasteiger partial charge >= 0.3 is 0 Å². The second-order valence-electron chi connectivity index (χ2n) is 4.83. The van der Waals surface area contributed by atoms with Gasteiger partial charge in [0.2, 0.25) is 0 Å². The second kappa shape index (κ2) is 7.22. The van der Waals surface area contributed by atoms with Gasteiger partial charge in [-0.25, -0.2) is 0 Å². The van der Waals surface area contributed by atoms with E-state index in [4.69, 9.17) is 0 Å². The quantitative estimate of drug-likeness (QED) is 0.634. The number of para-hydroxylation sites is 2. The van der Waals surface area contributed by atoms with Crippen LogP contribution in [-0.4, -0.2) is 22.8 Å². The number of rotatable bonds is 6. The third-order valence-electron chi connectivity index (χ3n) is 3.40. The molecule has 2 aromatic rings. The van der Waals surface area contributed by atoms with Crippen LogP contribution in [-0.2, 0) is 12.8 Å². The Bertz CT molecular complexity index is 656. The molecule has 0 unspecified atom stereocenters. The van der Waals surface area contributed by atoms with E-state index in [9.17, 15) is 19.8 Å². The lowest BCUT2D eigenvalue weighted by Gasteiger charge is -2.04. The number of carbonyl (C=O) groups is 2. The summed E-state index contributed by atoms with van der Waals surface area (Å²) >= 11 is 0. The van der Waals surface area contributed by atoms with Crippen LogP contribution >= 0.6 is 0 Å². The van der Waals surface area contributed by atoms with Crippen LogP contribution in [0.4, 0.5) is 0 Å². The summed E-state index contributed by atoms with van der Waals surface area (Å²) in [5.74, 6) is -0.0131. The van der Waals surface area contributed by atoms with Gasteiger partial charge in [0.05, 0.1) is 11.1 Å². The van der Waals surface area contributed by atoms with Crippen LogP contribution in [0.5, 0.6) is 11.5 Å². The van der Waals surface area contributed by atoms with Gasteiger partial charge in [-0.15, -0.1) is 0 Å². The Morgan fingerprint density at radius 3 is 1.50 bits per heavy atom. The Kier molecular flexibility index (Phi) is 5.09. The topological polar surface area (TPSA) is 74.6 Å². The van der Waals surface area contributed by atoms with Crippen molar-refractivity contribution in [1.82, 2.24) is 0 Å². The highest BCUT2D eigenvalue weighted by molar-refractivity contribution is 5.80. The number of phenols is 2. The van der Waals surface area contributed by atoms with E-state index in [1.807, 2.05) is 12.2 Å². The number of aldehydes is 2. The standard InChI is InChI=1S/C18H16O4/c19-11-15-9-3-7-13(17(15)21)5-1-2-6-14-8-4-10-16(12-20)18(14)22/h1-4,7-12,21-22H,5-6H2/b2-1+. The van der Waals surface area contributed by atoms with Crippen LogP contribution in [0.25, 0.3) is 0 Å². The number of aromatic hydroxyl groups is 2. The van der Waals surface area contributed by atoms with Crippen LogP contribution in [0.1, 0.15) is 31.8 Å². The van der Waals surface area contributed by atoms with Gasteiger partial charge in [-0.1, -0.05) is 36.4 Å². The molecule has 0 heterocycles. The van der Waals surface area contributed by atoms with E-state index in [2.05, 4.69) is 0 Å². The van der Waals surface area contributed by atoms with Crippen LogP contribution in [0.2, 0.25) is 0 Å². The van der Waals surface area contributed by atoms with E-state index in [0.717, 1.165) is 0 Å². The molecule has 0 saturated heterocycles. The van der Waals surface area contributed by atoms with Crippen molar-refractivity contribution >= 4 is 12.6 Å². The minimum absolute atomic E-state index is 0.00653. The molecule has 4 heteroatoms. The first kappa shape index (κ1) is 15.5. The molecule has 0 fully saturated rings. The summed E-state index contributed by atoms with van der Waals surface area (Å²) in [5.41, 5.74) is 1.85. The molecule has 112 valence electrons. The SMILES string of the molecule is O=Cc1cccc(C/C=C/Cc2cccc(C=O)c2O)c1O. The summed E-state index contributed by atoms with van der Waals surface area (Å²) in [6, 6.07) is 10.0. The van der Waals surface area contributed by atoms with Gasteiger partial charge in [-0.05, 0) is 36.1 Å². The van der Waals surface area contributed by atoms with Crippen molar-refractivity contribution < 1.29 is 19.8 Å². The lowest BCUT2D eigenvalue weighted by molar-refractivity contribution is 0.111.